The van der Waals surface area contributed by atoms with E-state index in [1.165, 1.54) is 18.9 Å². The summed E-state index contributed by atoms with van der Waals surface area (Å²) in [6, 6.07) is 3.05. The molecule has 0 bridgehead atoms. The van der Waals surface area contributed by atoms with Gasteiger partial charge in [-0.1, -0.05) is 13.3 Å². The minimum absolute atomic E-state index is 0.0669. The highest BCUT2D eigenvalue weighted by Crippen LogP contribution is 2.49. The fourth-order valence-electron chi connectivity index (χ4n) is 2.25. The van der Waals surface area contributed by atoms with E-state index in [1.807, 2.05) is 0 Å². The lowest BCUT2D eigenvalue weighted by atomic mass is 10.0. The Labute approximate surface area is 108 Å². The van der Waals surface area contributed by atoms with Crippen molar-refractivity contribution in [1.82, 2.24) is 4.98 Å². The number of pyridine rings is 1. The van der Waals surface area contributed by atoms with Crippen LogP contribution in [-0.2, 0) is 10.0 Å². The van der Waals surface area contributed by atoms with Gasteiger partial charge in [0.05, 0.1) is 0 Å². The number of rotatable bonds is 6. The van der Waals surface area contributed by atoms with Gasteiger partial charge in [-0.3, -0.25) is 0 Å². The van der Waals surface area contributed by atoms with Gasteiger partial charge in [-0.25, -0.2) is 18.5 Å². The number of hydrogen-bond acceptors (Lipinski definition) is 4. The Morgan fingerprint density at radius 1 is 1.50 bits per heavy atom. The van der Waals surface area contributed by atoms with Crippen LogP contribution in [0.1, 0.15) is 32.6 Å². The predicted octanol–water partition coefficient (Wildman–Crippen LogP) is 1.72. The van der Waals surface area contributed by atoms with Crippen molar-refractivity contribution < 1.29 is 8.42 Å². The first kappa shape index (κ1) is 13.3. The van der Waals surface area contributed by atoms with Gasteiger partial charge in [0, 0.05) is 12.7 Å². The molecule has 1 saturated carbocycles. The molecule has 100 valence electrons. The Morgan fingerprint density at radius 3 is 2.78 bits per heavy atom. The molecule has 1 aromatic heterocycles. The summed E-state index contributed by atoms with van der Waals surface area (Å²) < 4.78 is 22.8. The molecule has 0 amide bonds. The SMILES string of the molecule is CCCC1(CNc2ncccc2S(N)(=O)=O)CC1. The highest BCUT2D eigenvalue weighted by molar-refractivity contribution is 7.89. The van der Waals surface area contributed by atoms with Crippen LogP contribution in [0.5, 0.6) is 0 Å². The zero-order valence-electron chi connectivity index (χ0n) is 10.5. The number of primary sulfonamides is 1. The fraction of sp³-hybridized carbons (Fsp3) is 0.583. The van der Waals surface area contributed by atoms with Crippen molar-refractivity contribution in [2.45, 2.75) is 37.5 Å². The summed E-state index contributed by atoms with van der Waals surface area (Å²) in [5.74, 6) is 0.363. The summed E-state index contributed by atoms with van der Waals surface area (Å²) >= 11 is 0. The van der Waals surface area contributed by atoms with Crippen LogP contribution in [0.15, 0.2) is 23.2 Å². The second kappa shape index (κ2) is 4.85. The van der Waals surface area contributed by atoms with E-state index in [9.17, 15) is 8.42 Å². The Morgan fingerprint density at radius 2 is 2.22 bits per heavy atom. The molecule has 3 N–H and O–H groups in total. The zero-order chi connectivity index (χ0) is 13.2. The van der Waals surface area contributed by atoms with Crippen LogP contribution in [0, 0.1) is 5.41 Å². The molecule has 1 aliphatic carbocycles. The molecule has 18 heavy (non-hydrogen) atoms. The van der Waals surface area contributed by atoms with Crippen molar-refractivity contribution in [3.05, 3.63) is 18.3 Å². The summed E-state index contributed by atoms with van der Waals surface area (Å²) in [4.78, 5) is 4.13. The van der Waals surface area contributed by atoms with Gasteiger partial charge < -0.3 is 5.32 Å². The van der Waals surface area contributed by atoms with Gasteiger partial charge in [-0.05, 0) is 36.8 Å². The maximum absolute atomic E-state index is 11.4. The third-order valence-electron chi connectivity index (χ3n) is 3.45. The van der Waals surface area contributed by atoms with E-state index in [0.29, 0.717) is 11.2 Å². The molecular formula is C12H19N3O2S. The third kappa shape index (κ3) is 3.00. The van der Waals surface area contributed by atoms with Crippen LogP contribution >= 0.6 is 0 Å². The number of nitrogens with two attached hydrogens (primary N) is 1. The maximum Gasteiger partial charge on any atom is 0.241 e. The number of nitrogens with one attached hydrogen (secondary N) is 1. The van der Waals surface area contributed by atoms with E-state index >= 15 is 0 Å². The number of sulfonamides is 1. The molecule has 5 nitrogen and oxygen atoms in total. The van der Waals surface area contributed by atoms with Crippen LogP contribution in [0.4, 0.5) is 5.82 Å². The topological polar surface area (TPSA) is 85.1 Å². The van der Waals surface area contributed by atoms with Crippen molar-refractivity contribution in [3.8, 4) is 0 Å². The standard InChI is InChI=1S/C12H19N3O2S/c1-2-5-12(6-7-12)9-15-11-10(18(13,16)17)4-3-8-14-11/h3-4,8H,2,5-7,9H2,1H3,(H,14,15)(H2,13,16,17). The summed E-state index contributed by atoms with van der Waals surface area (Å²) in [6.45, 7) is 2.93. The fourth-order valence-corrected chi connectivity index (χ4v) is 2.91. The van der Waals surface area contributed by atoms with Crippen molar-refractivity contribution in [2.75, 3.05) is 11.9 Å². The summed E-state index contributed by atoms with van der Waals surface area (Å²) in [6.07, 6.45) is 6.27. The van der Waals surface area contributed by atoms with E-state index in [1.54, 1.807) is 12.3 Å². The number of hydrogen-bond donors (Lipinski definition) is 2. The molecular weight excluding hydrogens is 250 g/mol. The molecule has 0 aromatic carbocycles. The molecule has 1 aromatic rings. The largest absolute Gasteiger partial charge is 0.368 e. The summed E-state index contributed by atoms with van der Waals surface area (Å²) in [5, 5.41) is 8.30. The first-order valence-corrected chi connectivity index (χ1v) is 7.73. The van der Waals surface area contributed by atoms with E-state index < -0.39 is 10.0 Å². The summed E-state index contributed by atoms with van der Waals surface area (Å²) in [5.41, 5.74) is 0.335. The highest BCUT2D eigenvalue weighted by Gasteiger charge is 2.41. The molecule has 0 spiro atoms. The highest BCUT2D eigenvalue weighted by atomic mass is 32.2. The van der Waals surface area contributed by atoms with Crippen molar-refractivity contribution in [1.29, 1.82) is 0 Å². The van der Waals surface area contributed by atoms with Gasteiger partial charge in [0.25, 0.3) is 0 Å². The van der Waals surface area contributed by atoms with Gasteiger partial charge in [-0.15, -0.1) is 0 Å². The molecule has 0 aliphatic heterocycles. The zero-order valence-corrected chi connectivity index (χ0v) is 11.3. The average molecular weight is 269 g/mol. The lowest BCUT2D eigenvalue weighted by Crippen LogP contribution is -2.20. The van der Waals surface area contributed by atoms with E-state index in [0.717, 1.165) is 19.4 Å². The van der Waals surface area contributed by atoms with Crippen LogP contribution in [0.2, 0.25) is 0 Å². The molecule has 6 heteroatoms. The summed E-state index contributed by atoms with van der Waals surface area (Å²) in [7, 11) is -3.72. The van der Waals surface area contributed by atoms with Gasteiger partial charge in [0.1, 0.15) is 10.7 Å². The van der Waals surface area contributed by atoms with Crippen molar-refractivity contribution >= 4 is 15.8 Å². The van der Waals surface area contributed by atoms with E-state index in [2.05, 4.69) is 17.2 Å². The van der Waals surface area contributed by atoms with Gasteiger partial charge in [0.15, 0.2) is 0 Å². The smallest absolute Gasteiger partial charge is 0.241 e. The third-order valence-corrected chi connectivity index (χ3v) is 4.39. The minimum atomic E-state index is -3.72. The Kier molecular flexibility index (Phi) is 3.59. The minimum Gasteiger partial charge on any atom is -0.368 e. The second-order valence-electron chi connectivity index (χ2n) is 5.00. The molecule has 0 saturated heterocycles. The Balaban J connectivity index is 2.11. The number of nitrogens with zero attached hydrogens (tertiary/aromatic N) is 1. The number of aromatic nitrogens is 1. The predicted molar refractivity (Wildman–Crippen MR) is 70.7 cm³/mol. The van der Waals surface area contributed by atoms with Gasteiger partial charge in [-0.2, -0.15) is 0 Å². The first-order valence-electron chi connectivity index (χ1n) is 6.19. The molecule has 1 aliphatic rings. The Bertz CT molecular complexity index is 524. The monoisotopic (exact) mass is 269 g/mol. The second-order valence-corrected chi connectivity index (χ2v) is 6.53. The molecule has 2 rings (SSSR count). The van der Waals surface area contributed by atoms with Crippen LogP contribution in [-0.4, -0.2) is 19.9 Å². The molecule has 0 radical (unpaired) electrons. The Hall–Kier alpha value is -1.14. The van der Waals surface area contributed by atoms with Crippen LogP contribution in [0.25, 0.3) is 0 Å². The lowest BCUT2D eigenvalue weighted by Gasteiger charge is -2.16. The average Bonchev–Trinajstić information content (AvgIpc) is 3.07. The molecule has 1 heterocycles. The van der Waals surface area contributed by atoms with Gasteiger partial charge >= 0.3 is 0 Å². The van der Waals surface area contributed by atoms with Crippen molar-refractivity contribution in [2.24, 2.45) is 10.6 Å². The first-order chi connectivity index (χ1) is 8.47. The van der Waals surface area contributed by atoms with Crippen LogP contribution < -0.4 is 10.5 Å². The quantitative estimate of drug-likeness (QED) is 0.823. The van der Waals surface area contributed by atoms with E-state index in [-0.39, 0.29) is 4.90 Å². The maximum atomic E-state index is 11.4. The van der Waals surface area contributed by atoms with Crippen molar-refractivity contribution in [3.63, 3.8) is 0 Å². The van der Waals surface area contributed by atoms with Crippen LogP contribution in [0.3, 0.4) is 0 Å². The van der Waals surface area contributed by atoms with Gasteiger partial charge in [0.2, 0.25) is 10.0 Å². The normalized spacial score (nSPS) is 17.4. The lowest BCUT2D eigenvalue weighted by molar-refractivity contribution is 0.484. The molecule has 0 unspecified atom stereocenters. The van der Waals surface area contributed by atoms with E-state index in [4.69, 9.17) is 5.14 Å². The molecule has 1 fully saturated rings. The number of anilines is 1. The molecule has 0 atom stereocenters.